The van der Waals surface area contributed by atoms with Gasteiger partial charge in [-0.1, -0.05) is 6.92 Å². The number of carboxylic acid groups (broad SMARTS) is 1. The number of aliphatic hydroxyl groups excluding tert-OH is 1. The lowest BCUT2D eigenvalue weighted by Gasteiger charge is -2.46. The van der Waals surface area contributed by atoms with Crippen LogP contribution in [0.15, 0.2) is 10.6 Å². The molecule has 4 rings (SSSR count). The quantitative estimate of drug-likeness (QED) is 0.406. The molecule has 3 fully saturated rings. The smallest absolute Gasteiger partial charge is 0.353 e. The number of nitrogens with one attached hydrogen (secondary N) is 1. The minimum atomic E-state index is -1.12. The van der Waals surface area contributed by atoms with E-state index in [0.717, 1.165) is 6.42 Å². The molecule has 3 saturated heterocycles. The topological polar surface area (TPSA) is 136 Å². The molecule has 0 aliphatic carbocycles. The van der Waals surface area contributed by atoms with Crippen LogP contribution in [0.25, 0.3) is 0 Å². The highest BCUT2D eigenvalue weighted by Crippen LogP contribution is 2.51. The number of rotatable bonds is 5. The van der Waals surface area contributed by atoms with Gasteiger partial charge in [-0.2, -0.15) is 0 Å². The summed E-state index contributed by atoms with van der Waals surface area (Å²) in [5.41, 5.74) is 5.94. The van der Waals surface area contributed by atoms with Gasteiger partial charge in [-0.3, -0.25) is 9.59 Å². The molecule has 30 heavy (non-hydrogen) atoms. The number of aliphatic hydroxyl groups is 1. The summed E-state index contributed by atoms with van der Waals surface area (Å²) in [6.45, 7) is 5.34. The predicted octanol–water partition coefficient (Wildman–Crippen LogP) is -0.415. The number of nitrogens with two attached hydrogens (primary N) is 1. The average molecular weight is 461 g/mol. The second kappa shape index (κ2) is 8.66. The number of likely N-dealkylation sites (tertiary alicyclic amines) is 1. The van der Waals surface area contributed by atoms with Gasteiger partial charge in [0.2, 0.25) is 11.8 Å². The fourth-order valence-corrected chi connectivity index (χ4v) is 6.53. The number of amides is 2. The lowest BCUT2D eigenvalue weighted by Crippen LogP contribution is -2.63. The molecule has 0 aromatic rings. The molecule has 0 aromatic carbocycles. The van der Waals surface area contributed by atoms with E-state index in [9.17, 15) is 24.6 Å². The van der Waals surface area contributed by atoms with Gasteiger partial charge in [0.15, 0.2) is 0 Å². The Kier molecular flexibility index (Phi) is 6.74. The number of hydrogen-bond donors (Lipinski definition) is 4. The summed E-state index contributed by atoms with van der Waals surface area (Å²) < 4.78 is 0. The zero-order valence-corrected chi connectivity index (χ0v) is 18.6. The van der Waals surface area contributed by atoms with Crippen LogP contribution in [0.4, 0.5) is 0 Å². The van der Waals surface area contributed by atoms with Gasteiger partial charge in [-0.25, -0.2) is 4.79 Å². The fraction of sp³-hybridized carbons (Fsp3) is 0.737. The van der Waals surface area contributed by atoms with Gasteiger partial charge in [-0.05, 0) is 19.8 Å². The van der Waals surface area contributed by atoms with Gasteiger partial charge in [0, 0.05) is 41.7 Å². The highest BCUT2D eigenvalue weighted by molar-refractivity contribution is 8.03. The monoisotopic (exact) mass is 460 g/mol. The van der Waals surface area contributed by atoms with Crippen molar-refractivity contribution in [3.8, 4) is 0 Å². The zero-order chi connectivity index (χ0) is 21.0. The Morgan fingerprint density at radius 3 is 2.63 bits per heavy atom. The normalized spacial score (nSPS) is 36.5. The molecule has 0 aromatic heterocycles. The minimum Gasteiger partial charge on any atom is -0.477 e. The van der Waals surface area contributed by atoms with Gasteiger partial charge in [0.1, 0.15) is 5.70 Å². The Hall–Kier alpha value is -1.33. The first-order chi connectivity index (χ1) is 13.7. The second-order valence-electron chi connectivity index (χ2n) is 8.54. The SMILES string of the molecule is C[C@@H](O)[C@H]1C(=O)N2C(C(=O)O)=C(S[C@@H]3CN[C@H](C(=O)N4CC[C@@H](N)C4)C3)[C@H](C)[C@H]12.Cl. The Balaban J connectivity index is 0.00000256. The fourth-order valence-electron chi connectivity index (χ4n) is 5.05. The van der Waals surface area contributed by atoms with Crippen LogP contribution >= 0.6 is 24.2 Å². The van der Waals surface area contributed by atoms with Crippen molar-refractivity contribution >= 4 is 42.0 Å². The molecule has 9 nitrogen and oxygen atoms in total. The number of β-lactam (4-membered cyclic amide) rings is 1. The number of nitrogens with zero attached hydrogens (tertiary/aromatic N) is 2. The maximum atomic E-state index is 12.7. The number of fused-ring (bicyclic) bond motifs is 1. The van der Waals surface area contributed by atoms with Crippen molar-refractivity contribution < 1.29 is 24.6 Å². The average Bonchev–Trinajstić information content (AvgIpc) is 3.33. The van der Waals surface area contributed by atoms with E-state index in [1.165, 1.54) is 16.7 Å². The molecule has 0 radical (unpaired) electrons. The maximum absolute atomic E-state index is 12.7. The number of thioether (sulfide) groups is 1. The third-order valence-corrected chi connectivity index (χ3v) is 8.04. The molecule has 4 heterocycles. The standard InChI is InChI=1S/C19H28N4O5S.ClH/c1-8-14-13(9(2)24)18(26)23(14)15(19(27)28)16(8)29-11-5-12(21-6-11)17(25)22-4-3-10(20)7-22;/h8-14,21,24H,3-7,20H2,1-2H3,(H,27,28);1H/t8-,9-,10-,11+,12+,13-,14-;/m1./s1. The van der Waals surface area contributed by atoms with Crippen molar-refractivity contribution in [1.82, 2.24) is 15.1 Å². The minimum absolute atomic E-state index is 0. The van der Waals surface area contributed by atoms with Crippen molar-refractivity contribution in [3.63, 3.8) is 0 Å². The summed E-state index contributed by atoms with van der Waals surface area (Å²) in [5, 5.41) is 23.0. The molecule has 5 N–H and O–H groups in total. The molecular weight excluding hydrogens is 432 g/mol. The van der Waals surface area contributed by atoms with E-state index in [4.69, 9.17) is 5.73 Å². The maximum Gasteiger partial charge on any atom is 0.353 e. The van der Waals surface area contributed by atoms with E-state index in [1.807, 2.05) is 6.92 Å². The van der Waals surface area contributed by atoms with Crippen molar-refractivity contribution in [2.75, 3.05) is 19.6 Å². The zero-order valence-electron chi connectivity index (χ0n) is 17.0. The van der Waals surface area contributed by atoms with Crippen LogP contribution in [-0.2, 0) is 14.4 Å². The molecular formula is C19H29ClN4O5S. The molecule has 0 unspecified atom stereocenters. The number of carbonyl (C=O) groups is 3. The van der Waals surface area contributed by atoms with Crippen LogP contribution in [0, 0.1) is 11.8 Å². The van der Waals surface area contributed by atoms with Crippen LogP contribution in [0.2, 0.25) is 0 Å². The van der Waals surface area contributed by atoms with Crippen LogP contribution < -0.4 is 11.1 Å². The van der Waals surface area contributed by atoms with Gasteiger partial charge in [-0.15, -0.1) is 24.2 Å². The summed E-state index contributed by atoms with van der Waals surface area (Å²) in [6, 6.07) is -0.557. The Morgan fingerprint density at radius 1 is 1.37 bits per heavy atom. The third kappa shape index (κ3) is 3.73. The van der Waals surface area contributed by atoms with Gasteiger partial charge >= 0.3 is 5.97 Å². The van der Waals surface area contributed by atoms with Crippen LogP contribution in [0.5, 0.6) is 0 Å². The van der Waals surface area contributed by atoms with Crippen molar-refractivity contribution in [2.24, 2.45) is 17.6 Å². The van der Waals surface area contributed by atoms with Crippen molar-refractivity contribution in [2.45, 2.75) is 56.2 Å². The largest absolute Gasteiger partial charge is 0.477 e. The molecule has 0 bridgehead atoms. The lowest BCUT2D eigenvalue weighted by molar-refractivity contribution is -0.163. The number of carbonyl (C=O) groups excluding carboxylic acids is 2. The van der Waals surface area contributed by atoms with Gasteiger partial charge in [0.05, 0.1) is 24.1 Å². The molecule has 2 amide bonds. The van der Waals surface area contributed by atoms with Gasteiger partial charge < -0.3 is 31.1 Å². The first kappa shape index (κ1) is 23.3. The Labute approximate surface area is 185 Å². The second-order valence-corrected chi connectivity index (χ2v) is 9.88. The van der Waals surface area contributed by atoms with Crippen LogP contribution in [-0.4, -0.2) is 86.9 Å². The van der Waals surface area contributed by atoms with E-state index < -0.39 is 18.0 Å². The van der Waals surface area contributed by atoms with Crippen molar-refractivity contribution in [1.29, 1.82) is 0 Å². The van der Waals surface area contributed by atoms with Crippen molar-refractivity contribution in [3.05, 3.63) is 10.6 Å². The Bertz CT molecular complexity index is 778. The van der Waals surface area contributed by atoms with Crippen LogP contribution in [0.3, 0.4) is 0 Å². The summed E-state index contributed by atoms with van der Waals surface area (Å²) in [5.74, 6) is -2.11. The first-order valence-corrected chi connectivity index (χ1v) is 11.0. The van der Waals surface area contributed by atoms with E-state index in [0.29, 0.717) is 31.0 Å². The number of hydrogen-bond acceptors (Lipinski definition) is 7. The van der Waals surface area contributed by atoms with Gasteiger partial charge in [0.25, 0.3) is 0 Å². The predicted molar refractivity (Wildman–Crippen MR) is 114 cm³/mol. The third-order valence-electron chi connectivity index (χ3n) is 6.53. The molecule has 0 spiro atoms. The molecule has 4 aliphatic rings. The lowest BCUT2D eigenvalue weighted by atomic mass is 9.79. The highest BCUT2D eigenvalue weighted by Gasteiger charge is 2.60. The summed E-state index contributed by atoms with van der Waals surface area (Å²) in [4.78, 5) is 40.8. The van der Waals surface area contributed by atoms with E-state index in [-0.39, 0.29) is 59.2 Å². The molecule has 0 saturated carbocycles. The summed E-state index contributed by atoms with van der Waals surface area (Å²) in [6.07, 6.45) is 0.614. The molecule has 4 aliphatic heterocycles. The summed E-state index contributed by atoms with van der Waals surface area (Å²) in [7, 11) is 0. The summed E-state index contributed by atoms with van der Waals surface area (Å²) >= 11 is 1.45. The molecule has 168 valence electrons. The van der Waals surface area contributed by atoms with E-state index >= 15 is 0 Å². The first-order valence-electron chi connectivity index (χ1n) is 10.1. The number of aliphatic carboxylic acids is 1. The highest BCUT2D eigenvalue weighted by atomic mass is 35.5. The van der Waals surface area contributed by atoms with Crippen LogP contribution in [0.1, 0.15) is 26.7 Å². The number of carboxylic acids is 1. The number of halogens is 1. The van der Waals surface area contributed by atoms with E-state index in [1.54, 1.807) is 11.8 Å². The molecule has 11 heteroatoms. The molecule has 7 atom stereocenters. The Morgan fingerprint density at radius 2 is 2.07 bits per heavy atom. The van der Waals surface area contributed by atoms with E-state index in [2.05, 4.69) is 5.32 Å².